The molecule has 7 heteroatoms. The van der Waals surface area contributed by atoms with Crippen LogP contribution in [0.4, 0.5) is 0 Å². The summed E-state index contributed by atoms with van der Waals surface area (Å²) in [7, 11) is 0. The maximum Gasteiger partial charge on any atom is 0.263 e. The number of carbonyl (C=O) groups excluding carboxylic acids is 1. The Morgan fingerprint density at radius 1 is 1.40 bits per heavy atom. The molecule has 7 nitrogen and oxygen atoms in total. The lowest BCUT2D eigenvalue weighted by atomic mass is 10.1. The molecule has 4 heterocycles. The Balaban J connectivity index is 1.45. The first-order valence-corrected chi connectivity index (χ1v) is 8.48. The Bertz CT molecular complexity index is 836. The second kappa shape index (κ2) is 6.58. The van der Waals surface area contributed by atoms with E-state index in [2.05, 4.69) is 10.1 Å². The van der Waals surface area contributed by atoms with Crippen LogP contribution in [0.3, 0.4) is 0 Å². The van der Waals surface area contributed by atoms with Crippen molar-refractivity contribution in [3.8, 4) is 11.7 Å². The molecular weight excluding hydrogens is 320 g/mol. The first-order valence-electron chi connectivity index (χ1n) is 8.48. The Morgan fingerprint density at radius 3 is 3.08 bits per heavy atom. The van der Waals surface area contributed by atoms with E-state index in [0.717, 1.165) is 19.4 Å². The normalized spacial score (nSPS) is 17.8. The number of hydrogen-bond acceptors (Lipinski definition) is 5. The molecule has 4 rings (SSSR count). The Kier molecular flexibility index (Phi) is 4.13. The number of aromatic nitrogens is 3. The zero-order valence-corrected chi connectivity index (χ0v) is 14.1. The summed E-state index contributed by atoms with van der Waals surface area (Å²) in [4.78, 5) is 19.1. The topological polar surface area (TPSA) is 77.3 Å². The zero-order valence-electron chi connectivity index (χ0n) is 14.1. The molecule has 0 aliphatic carbocycles. The predicted molar refractivity (Wildman–Crippen MR) is 89.7 cm³/mol. The van der Waals surface area contributed by atoms with Gasteiger partial charge in [0.1, 0.15) is 5.76 Å². The van der Waals surface area contributed by atoms with Crippen molar-refractivity contribution in [1.82, 2.24) is 19.7 Å². The van der Waals surface area contributed by atoms with Crippen LogP contribution in [0.1, 0.15) is 30.3 Å². The highest BCUT2D eigenvalue weighted by atomic mass is 16.4. The van der Waals surface area contributed by atoms with Crippen molar-refractivity contribution >= 4 is 5.91 Å². The summed E-state index contributed by atoms with van der Waals surface area (Å²) in [6.45, 7) is 3.28. The van der Waals surface area contributed by atoms with E-state index < -0.39 is 0 Å². The van der Waals surface area contributed by atoms with Crippen LogP contribution in [0, 0.1) is 6.92 Å². The fourth-order valence-electron chi connectivity index (χ4n) is 3.25. The number of likely N-dealkylation sites (tertiary alicyclic amines) is 1. The van der Waals surface area contributed by atoms with Gasteiger partial charge in [-0.1, -0.05) is 0 Å². The molecule has 1 atom stereocenters. The summed E-state index contributed by atoms with van der Waals surface area (Å²) in [6.07, 6.45) is 7.55. The van der Waals surface area contributed by atoms with Crippen LogP contribution >= 0.6 is 0 Å². The van der Waals surface area contributed by atoms with E-state index >= 15 is 0 Å². The number of furan rings is 1. The summed E-state index contributed by atoms with van der Waals surface area (Å²) in [5, 5.41) is 4.30. The van der Waals surface area contributed by atoms with Gasteiger partial charge in [-0.15, -0.1) is 0 Å². The first-order chi connectivity index (χ1) is 12.2. The highest BCUT2D eigenvalue weighted by Gasteiger charge is 2.26. The van der Waals surface area contributed by atoms with E-state index in [-0.39, 0.29) is 18.4 Å². The van der Waals surface area contributed by atoms with Crippen molar-refractivity contribution < 1.29 is 13.6 Å². The van der Waals surface area contributed by atoms with E-state index in [4.69, 9.17) is 8.83 Å². The number of hydrogen-bond donors (Lipinski definition) is 0. The van der Waals surface area contributed by atoms with Gasteiger partial charge in [0.2, 0.25) is 5.91 Å². The van der Waals surface area contributed by atoms with Gasteiger partial charge >= 0.3 is 0 Å². The minimum atomic E-state index is 0.0688. The van der Waals surface area contributed by atoms with Crippen LogP contribution in [0.25, 0.3) is 11.7 Å². The number of rotatable bonds is 4. The number of oxazole rings is 1. The molecule has 3 aromatic heterocycles. The summed E-state index contributed by atoms with van der Waals surface area (Å²) < 4.78 is 12.9. The second-order valence-corrected chi connectivity index (χ2v) is 6.30. The Hall–Kier alpha value is -2.83. The number of carbonyl (C=O) groups is 1. The van der Waals surface area contributed by atoms with Gasteiger partial charge in [-0.25, -0.2) is 4.98 Å². The largest absolute Gasteiger partial charge is 0.459 e. The molecule has 0 saturated carbocycles. The van der Waals surface area contributed by atoms with Crippen molar-refractivity contribution in [2.75, 3.05) is 13.1 Å². The van der Waals surface area contributed by atoms with E-state index in [0.29, 0.717) is 29.6 Å². The van der Waals surface area contributed by atoms with E-state index in [1.807, 2.05) is 28.8 Å². The third-order valence-corrected chi connectivity index (χ3v) is 4.59. The Morgan fingerprint density at radius 2 is 2.32 bits per heavy atom. The summed E-state index contributed by atoms with van der Waals surface area (Å²) in [5.41, 5.74) is 0.664. The molecule has 25 heavy (non-hydrogen) atoms. The van der Waals surface area contributed by atoms with Crippen LogP contribution < -0.4 is 0 Å². The van der Waals surface area contributed by atoms with Gasteiger partial charge < -0.3 is 13.7 Å². The SMILES string of the molecule is Cc1oc(-c2ccco2)nc1CC(=O)N1CCC[C@@H](n2cccn2)C1. The van der Waals surface area contributed by atoms with E-state index in [1.54, 1.807) is 24.6 Å². The van der Waals surface area contributed by atoms with Crippen molar-refractivity contribution in [3.63, 3.8) is 0 Å². The molecule has 1 amide bonds. The highest BCUT2D eigenvalue weighted by molar-refractivity contribution is 5.78. The third-order valence-electron chi connectivity index (χ3n) is 4.59. The van der Waals surface area contributed by atoms with Crippen molar-refractivity contribution in [1.29, 1.82) is 0 Å². The number of aryl methyl sites for hydroxylation is 1. The quantitative estimate of drug-likeness (QED) is 0.730. The summed E-state index contributed by atoms with van der Waals surface area (Å²) in [5.74, 6) is 1.71. The molecule has 0 bridgehead atoms. The van der Waals surface area contributed by atoms with Gasteiger partial charge in [0.05, 0.1) is 24.4 Å². The molecule has 0 spiro atoms. The minimum absolute atomic E-state index is 0.0688. The smallest absolute Gasteiger partial charge is 0.263 e. The van der Waals surface area contributed by atoms with Gasteiger partial charge in [-0.2, -0.15) is 5.10 Å². The van der Waals surface area contributed by atoms with Crippen LogP contribution in [0.15, 0.2) is 45.7 Å². The number of piperidine rings is 1. The molecule has 0 radical (unpaired) electrons. The standard InChI is InChI=1S/C18H20N4O3/c1-13-15(20-18(25-13)16-6-3-10-24-16)11-17(23)21-8-2-5-14(12-21)22-9-4-7-19-22/h3-4,6-7,9-10,14H,2,5,8,11-12H2,1H3/t14-/m1/s1. The van der Waals surface area contributed by atoms with Crippen molar-refractivity contribution in [2.24, 2.45) is 0 Å². The predicted octanol–water partition coefficient (Wildman–Crippen LogP) is 2.85. The monoisotopic (exact) mass is 340 g/mol. The van der Waals surface area contributed by atoms with Crippen LogP contribution in [-0.2, 0) is 11.2 Å². The van der Waals surface area contributed by atoms with Crippen LogP contribution in [0.5, 0.6) is 0 Å². The molecule has 0 N–H and O–H groups in total. The molecule has 1 aliphatic heterocycles. The zero-order chi connectivity index (χ0) is 17.2. The number of amides is 1. The average Bonchev–Trinajstić information content (AvgIpc) is 3.38. The molecule has 0 aromatic carbocycles. The molecule has 1 fully saturated rings. The van der Waals surface area contributed by atoms with Crippen LogP contribution in [0.2, 0.25) is 0 Å². The maximum absolute atomic E-state index is 12.7. The molecule has 130 valence electrons. The lowest BCUT2D eigenvalue weighted by Gasteiger charge is -2.32. The van der Waals surface area contributed by atoms with Crippen molar-refractivity contribution in [3.05, 3.63) is 48.3 Å². The van der Waals surface area contributed by atoms with E-state index in [1.165, 1.54) is 0 Å². The van der Waals surface area contributed by atoms with Crippen molar-refractivity contribution in [2.45, 2.75) is 32.2 Å². The molecule has 3 aromatic rings. The summed E-state index contributed by atoms with van der Waals surface area (Å²) >= 11 is 0. The Labute approximate surface area is 145 Å². The fourth-order valence-corrected chi connectivity index (χ4v) is 3.25. The molecule has 1 aliphatic rings. The van der Waals surface area contributed by atoms with Gasteiger partial charge in [-0.05, 0) is 38.0 Å². The van der Waals surface area contributed by atoms with Gasteiger partial charge in [0, 0.05) is 25.5 Å². The summed E-state index contributed by atoms with van der Waals surface area (Å²) in [6, 6.07) is 5.72. The third kappa shape index (κ3) is 3.22. The minimum Gasteiger partial charge on any atom is -0.459 e. The van der Waals surface area contributed by atoms with Gasteiger partial charge in [-0.3, -0.25) is 9.48 Å². The number of nitrogens with zero attached hydrogens (tertiary/aromatic N) is 4. The van der Waals surface area contributed by atoms with Crippen LogP contribution in [-0.4, -0.2) is 38.7 Å². The molecule has 0 unspecified atom stereocenters. The first kappa shape index (κ1) is 15.7. The van der Waals surface area contributed by atoms with Gasteiger partial charge in [0.25, 0.3) is 5.89 Å². The second-order valence-electron chi connectivity index (χ2n) is 6.30. The maximum atomic E-state index is 12.7. The fraction of sp³-hybridized carbons (Fsp3) is 0.389. The lowest BCUT2D eigenvalue weighted by Crippen LogP contribution is -2.41. The molecule has 1 saturated heterocycles. The van der Waals surface area contributed by atoms with E-state index in [9.17, 15) is 4.79 Å². The molecular formula is C18H20N4O3. The average molecular weight is 340 g/mol. The lowest BCUT2D eigenvalue weighted by molar-refractivity contribution is -0.132. The van der Waals surface area contributed by atoms with Gasteiger partial charge in [0.15, 0.2) is 5.76 Å². The highest BCUT2D eigenvalue weighted by Crippen LogP contribution is 2.24.